The number of carbonyl (C=O) groups is 2. The maximum absolute atomic E-state index is 12.0. The lowest BCUT2D eigenvalue weighted by molar-refractivity contribution is -0.141. The largest absolute Gasteiger partial charge is 0.468 e. The summed E-state index contributed by atoms with van der Waals surface area (Å²) in [5, 5.41) is 0. The second-order valence-electron chi connectivity index (χ2n) is 3.45. The molecule has 1 amide bonds. The molecule has 0 unspecified atom stereocenters. The van der Waals surface area contributed by atoms with Crippen molar-refractivity contribution in [2.24, 2.45) is 0 Å². The van der Waals surface area contributed by atoms with Crippen LogP contribution >= 0.6 is 15.9 Å². The van der Waals surface area contributed by atoms with Gasteiger partial charge in [-0.05, 0) is 28.1 Å². The summed E-state index contributed by atoms with van der Waals surface area (Å²) in [5.74, 6) is -0.768. The second kappa shape index (κ2) is 5.67. The zero-order valence-electron chi connectivity index (χ0n) is 9.57. The van der Waals surface area contributed by atoms with Gasteiger partial charge in [-0.3, -0.25) is 9.59 Å². The van der Waals surface area contributed by atoms with E-state index in [1.165, 1.54) is 19.1 Å². The average molecular weight is 301 g/mol. The van der Waals surface area contributed by atoms with Gasteiger partial charge in [0.05, 0.1) is 17.1 Å². The number of carbonyl (C=O) groups excluding carboxylic acids is 2. The first-order valence-electron chi connectivity index (χ1n) is 4.83. The molecule has 0 spiro atoms. The molecular formula is C11H13BrN2O3. The number of benzene rings is 1. The van der Waals surface area contributed by atoms with Crippen LogP contribution in [-0.4, -0.2) is 37.5 Å². The molecule has 2 N–H and O–H groups in total. The molecule has 1 aromatic carbocycles. The van der Waals surface area contributed by atoms with Crippen molar-refractivity contribution in [2.45, 2.75) is 0 Å². The molecule has 1 aromatic rings. The van der Waals surface area contributed by atoms with Crippen LogP contribution in [0.25, 0.3) is 0 Å². The van der Waals surface area contributed by atoms with Gasteiger partial charge in [-0.25, -0.2) is 0 Å². The third-order valence-electron chi connectivity index (χ3n) is 2.20. The van der Waals surface area contributed by atoms with Crippen LogP contribution in [0.3, 0.4) is 0 Å². The van der Waals surface area contributed by atoms with Crippen LogP contribution in [0.5, 0.6) is 0 Å². The van der Waals surface area contributed by atoms with Crippen molar-refractivity contribution in [1.82, 2.24) is 4.90 Å². The highest BCUT2D eigenvalue weighted by atomic mass is 79.9. The van der Waals surface area contributed by atoms with Crippen LogP contribution in [0.2, 0.25) is 0 Å². The molecular weight excluding hydrogens is 288 g/mol. The minimum Gasteiger partial charge on any atom is -0.468 e. The number of esters is 1. The zero-order chi connectivity index (χ0) is 13.0. The van der Waals surface area contributed by atoms with E-state index < -0.39 is 5.97 Å². The zero-order valence-corrected chi connectivity index (χ0v) is 11.2. The number of hydrogen-bond acceptors (Lipinski definition) is 4. The molecule has 1 rings (SSSR count). The Morgan fingerprint density at radius 2 is 2.12 bits per heavy atom. The molecule has 0 aromatic heterocycles. The topological polar surface area (TPSA) is 72.6 Å². The molecule has 92 valence electrons. The second-order valence-corrected chi connectivity index (χ2v) is 4.24. The summed E-state index contributed by atoms with van der Waals surface area (Å²) in [4.78, 5) is 24.3. The van der Waals surface area contributed by atoms with Crippen molar-refractivity contribution in [3.05, 3.63) is 28.2 Å². The first-order valence-corrected chi connectivity index (χ1v) is 5.63. The minimum atomic E-state index is -0.471. The van der Waals surface area contributed by atoms with E-state index in [-0.39, 0.29) is 12.5 Å². The highest BCUT2D eigenvalue weighted by Gasteiger charge is 2.18. The Labute approximate surface area is 108 Å². The quantitative estimate of drug-likeness (QED) is 0.674. The van der Waals surface area contributed by atoms with Crippen LogP contribution in [0.1, 0.15) is 10.4 Å². The molecule has 5 nitrogen and oxygen atoms in total. The van der Waals surface area contributed by atoms with Gasteiger partial charge >= 0.3 is 5.97 Å². The highest BCUT2D eigenvalue weighted by Crippen LogP contribution is 2.24. The Morgan fingerprint density at radius 3 is 2.71 bits per heavy atom. The number of anilines is 1. The summed E-state index contributed by atoms with van der Waals surface area (Å²) in [6, 6.07) is 5.00. The number of nitrogens with two attached hydrogens (primary N) is 1. The number of ether oxygens (including phenoxy) is 1. The molecule has 0 bridgehead atoms. The van der Waals surface area contributed by atoms with E-state index in [4.69, 9.17) is 5.73 Å². The van der Waals surface area contributed by atoms with Crippen molar-refractivity contribution in [3.8, 4) is 0 Å². The van der Waals surface area contributed by atoms with E-state index in [2.05, 4.69) is 20.7 Å². The third-order valence-corrected chi connectivity index (χ3v) is 3.08. The first kappa shape index (κ1) is 13.5. The fraction of sp³-hybridized carbons (Fsp3) is 0.273. The van der Waals surface area contributed by atoms with Crippen LogP contribution < -0.4 is 5.73 Å². The Kier molecular flexibility index (Phi) is 4.51. The Balaban J connectivity index is 2.89. The van der Waals surface area contributed by atoms with E-state index in [1.807, 2.05) is 0 Å². The predicted molar refractivity (Wildman–Crippen MR) is 67.5 cm³/mol. The normalized spacial score (nSPS) is 9.82. The van der Waals surface area contributed by atoms with E-state index in [9.17, 15) is 9.59 Å². The van der Waals surface area contributed by atoms with Crippen molar-refractivity contribution in [1.29, 1.82) is 0 Å². The summed E-state index contributed by atoms with van der Waals surface area (Å²) in [5.41, 5.74) is 6.56. The molecule has 0 aliphatic heterocycles. The van der Waals surface area contributed by atoms with Crippen LogP contribution in [0, 0.1) is 0 Å². The number of nitrogen functional groups attached to an aromatic ring is 1. The van der Waals surface area contributed by atoms with Crippen molar-refractivity contribution in [3.63, 3.8) is 0 Å². The molecule has 17 heavy (non-hydrogen) atoms. The van der Waals surface area contributed by atoms with E-state index in [0.717, 1.165) is 0 Å². The van der Waals surface area contributed by atoms with E-state index >= 15 is 0 Å². The van der Waals surface area contributed by atoms with Gasteiger partial charge in [-0.15, -0.1) is 0 Å². The summed E-state index contributed by atoms with van der Waals surface area (Å²) in [6.07, 6.45) is 0. The third kappa shape index (κ3) is 3.20. The number of hydrogen-bond donors (Lipinski definition) is 1. The maximum Gasteiger partial charge on any atom is 0.325 e. The SMILES string of the molecule is COC(=O)CN(C)C(=O)c1cccc(N)c1Br. The lowest BCUT2D eigenvalue weighted by atomic mass is 10.2. The lowest BCUT2D eigenvalue weighted by Crippen LogP contribution is -2.32. The highest BCUT2D eigenvalue weighted by molar-refractivity contribution is 9.10. The molecule has 0 aliphatic rings. The Morgan fingerprint density at radius 1 is 1.47 bits per heavy atom. The van der Waals surface area contributed by atoms with Gasteiger partial charge in [0.25, 0.3) is 5.91 Å². The molecule has 0 aliphatic carbocycles. The van der Waals surface area contributed by atoms with Crippen LogP contribution in [0.15, 0.2) is 22.7 Å². The van der Waals surface area contributed by atoms with Crippen LogP contribution in [0.4, 0.5) is 5.69 Å². The Hall–Kier alpha value is -1.56. The summed E-state index contributed by atoms with van der Waals surface area (Å²) >= 11 is 3.24. The van der Waals surface area contributed by atoms with Gasteiger partial charge in [0.1, 0.15) is 6.54 Å². The van der Waals surface area contributed by atoms with Gasteiger partial charge in [0.15, 0.2) is 0 Å². The number of amides is 1. The average Bonchev–Trinajstić information content (AvgIpc) is 2.31. The number of likely N-dealkylation sites (N-methyl/N-ethyl adjacent to an activating group) is 1. The van der Waals surface area contributed by atoms with Gasteiger partial charge in [0, 0.05) is 12.7 Å². The van der Waals surface area contributed by atoms with Gasteiger partial charge in [-0.1, -0.05) is 6.07 Å². The molecule has 0 saturated carbocycles. The maximum atomic E-state index is 12.0. The van der Waals surface area contributed by atoms with Crippen LogP contribution in [-0.2, 0) is 9.53 Å². The van der Waals surface area contributed by atoms with Crippen molar-refractivity contribution in [2.75, 3.05) is 26.4 Å². The van der Waals surface area contributed by atoms with E-state index in [0.29, 0.717) is 15.7 Å². The Bertz CT molecular complexity index is 448. The summed E-state index contributed by atoms with van der Waals surface area (Å²) < 4.78 is 5.02. The molecule has 0 saturated heterocycles. The molecule has 0 fully saturated rings. The predicted octanol–water partition coefficient (Wildman–Crippen LogP) is 1.28. The molecule has 0 atom stereocenters. The lowest BCUT2D eigenvalue weighted by Gasteiger charge is -2.16. The first-order chi connectivity index (χ1) is 7.97. The van der Waals surface area contributed by atoms with Crippen molar-refractivity contribution < 1.29 is 14.3 Å². The minimum absolute atomic E-state index is 0.101. The fourth-order valence-electron chi connectivity index (χ4n) is 1.25. The van der Waals surface area contributed by atoms with E-state index in [1.54, 1.807) is 18.2 Å². The van der Waals surface area contributed by atoms with Gasteiger partial charge in [-0.2, -0.15) is 0 Å². The number of rotatable bonds is 3. The summed E-state index contributed by atoms with van der Waals surface area (Å²) in [7, 11) is 2.80. The summed E-state index contributed by atoms with van der Waals surface area (Å²) in [6.45, 7) is -0.101. The monoisotopic (exact) mass is 300 g/mol. The number of methoxy groups -OCH3 is 1. The number of nitrogens with zero attached hydrogens (tertiary/aromatic N) is 1. The number of halogens is 1. The smallest absolute Gasteiger partial charge is 0.325 e. The molecule has 6 heteroatoms. The molecule has 0 heterocycles. The van der Waals surface area contributed by atoms with Crippen molar-refractivity contribution >= 4 is 33.5 Å². The fourth-order valence-corrected chi connectivity index (χ4v) is 1.68. The van der Waals surface area contributed by atoms with Gasteiger partial charge in [0.2, 0.25) is 0 Å². The standard InChI is InChI=1S/C11H13BrN2O3/c1-14(6-9(15)17-2)11(16)7-4-3-5-8(13)10(7)12/h3-5H,6,13H2,1-2H3. The molecule has 0 radical (unpaired) electrons. The van der Waals surface area contributed by atoms with Gasteiger partial charge < -0.3 is 15.4 Å².